The van der Waals surface area contributed by atoms with E-state index in [9.17, 15) is 9.36 Å². The quantitative estimate of drug-likeness (QED) is 0.292. The van der Waals surface area contributed by atoms with Crippen LogP contribution in [-0.4, -0.2) is 42.7 Å². The van der Waals surface area contributed by atoms with E-state index in [0.29, 0.717) is 0 Å². The fourth-order valence-electron chi connectivity index (χ4n) is 0.0678. The van der Waals surface area contributed by atoms with Crippen molar-refractivity contribution < 1.29 is 13.9 Å². The van der Waals surface area contributed by atoms with Crippen LogP contribution in [0.2, 0.25) is 0 Å². The molecule has 1 atom stereocenters. The predicted octanol–water partition coefficient (Wildman–Crippen LogP) is -0.385. The van der Waals surface area contributed by atoms with Crippen molar-refractivity contribution in [2.24, 2.45) is 0 Å². The van der Waals surface area contributed by atoms with Gasteiger partial charge in [0.15, 0.2) is 0 Å². The molecule has 0 heterocycles. The van der Waals surface area contributed by atoms with Crippen molar-refractivity contribution in [3.63, 3.8) is 0 Å². The molecule has 0 aromatic heterocycles. The molecule has 0 fully saturated rings. The molecule has 1 unspecified atom stereocenters. The zero-order valence-electron chi connectivity index (χ0n) is 3.30. The maximum absolute atomic E-state index is 9.78. The molecule has 5 heteroatoms. The molecular weight excluding hydrogens is 126 g/mol. The van der Waals surface area contributed by atoms with Gasteiger partial charge < -0.3 is 4.52 Å². The van der Waals surface area contributed by atoms with Crippen LogP contribution in [0.15, 0.2) is 0 Å². The number of rotatable bonds is 2. The first-order valence-corrected chi connectivity index (χ1v) is 3.20. The zero-order valence-corrected chi connectivity index (χ0v) is 4.30. The molecule has 0 rings (SSSR count). The fraction of sp³-hybridized carbons (Fsp3) is 0.500. The van der Waals surface area contributed by atoms with Gasteiger partial charge in [-0.2, -0.15) is 0 Å². The van der Waals surface area contributed by atoms with Crippen LogP contribution < -0.4 is 0 Å². The summed E-state index contributed by atoms with van der Waals surface area (Å²) >= 11 is 0. The molecule has 0 aromatic rings. The summed E-state index contributed by atoms with van der Waals surface area (Å²) in [5, 5.41) is 0. The van der Waals surface area contributed by atoms with Crippen molar-refractivity contribution in [3.05, 3.63) is 0 Å². The summed E-state index contributed by atoms with van der Waals surface area (Å²) in [5.41, 5.74) is 0. The van der Waals surface area contributed by atoms with E-state index in [2.05, 4.69) is 4.52 Å². The van der Waals surface area contributed by atoms with Gasteiger partial charge in [0.05, 0.1) is 0 Å². The van der Waals surface area contributed by atoms with Gasteiger partial charge in [0, 0.05) is 6.66 Å². The van der Waals surface area contributed by atoms with E-state index in [1.807, 2.05) is 0 Å². The van der Waals surface area contributed by atoms with Crippen LogP contribution in [0.4, 0.5) is 0 Å². The van der Waals surface area contributed by atoms with Crippen molar-refractivity contribution in [2.45, 2.75) is 0 Å². The topological polar surface area (TPSA) is 43.4 Å². The van der Waals surface area contributed by atoms with Gasteiger partial charge in [-0.05, 0) is 0 Å². The molecule has 0 saturated carbocycles. The summed E-state index contributed by atoms with van der Waals surface area (Å²) in [6.45, 7) is 1.53. The number of carbonyl (C=O) groups excluding carboxylic acids is 1. The molecule has 0 bridgehead atoms. The molecule has 3 nitrogen and oxygen atoms in total. The molecule has 0 N–H and O–H groups in total. The Labute approximate surface area is 64.6 Å². The molecule has 38 valence electrons. The number of hydrogen-bond acceptors (Lipinski definition) is 3. The Morgan fingerprint density at radius 1 is 1.71 bits per heavy atom. The molecule has 0 amide bonds. The third-order valence-corrected chi connectivity index (χ3v) is 0.642. The van der Waals surface area contributed by atoms with E-state index >= 15 is 0 Å². The van der Waals surface area contributed by atoms with Gasteiger partial charge in [-0.1, -0.05) is 0 Å². The summed E-state index contributed by atoms with van der Waals surface area (Å²) < 4.78 is 13.7. The van der Waals surface area contributed by atoms with E-state index in [0.717, 1.165) is 0 Å². The Bertz CT molecular complexity index is 73.3. The first-order valence-electron chi connectivity index (χ1n) is 1.38. The van der Waals surface area contributed by atoms with Crippen LogP contribution in [0.3, 0.4) is 0 Å². The van der Waals surface area contributed by atoms with Crippen molar-refractivity contribution in [2.75, 3.05) is 6.66 Å². The van der Waals surface area contributed by atoms with Gasteiger partial charge >= 0.3 is 29.6 Å². The molecular formula is C2H6NaO3P. The van der Waals surface area contributed by atoms with Crippen molar-refractivity contribution in [3.8, 4) is 0 Å². The summed E-state index contributed by atoms with van der Waals surface area (Å²) in [7, 11) is -2.00. The molecule has 0 radical (unpaired) electrons. The van der Waals surface area contributed by atoms with E-state index < -0.39 is 8.03 Å². The Hall–Kier alpha value is 0.700. The van der Waals surface area contributed by atoms with E-state index in [-0.39, 0.29) is 36.0 Å². The van der Waals surface area contributed by atoms with E-state index in [4.69, 9.17) is 0 Å². The maximum atomic E-state index is 9.78. The van der Waals surface area contributed by atoms with Crippen molar-refractivity contribution >= 4 is 44.1 Å². The summed E-state index contributed by atoms with van der Waals surface area (Å²) in [6, 6.07) is 0. The minimum absolute atomic E-state index is 0. The Balaban J connectivity index is 0. The summed E-state index contributed by atoms with van der Waals surface area (Å²) in [6.07, 6.45) is 0. The Morgan fingerprint density at radius 2 is 2.14 bits per heavy atom. The normalized spacial score (nSPS) is 11.0. The van der Waals surface area contributed by atoms with Gasteiger partial charge in [0.25, 0.3) is 6.47 Å². The predicted molar refractivity (Wildman–Crippen MR) is 29.2 cm³/mol. The van der Waals surface area contributed by atoms with Crippen LogP contribution in [0.25, 0.3) is 0 Å². The Morgan fingerprint density at radius 3 is 2.14 bits per heavy atom. The summed E-state index contributed by atoms with van der Waals surface area (Å²) in [5.74, 6) is 0. The summed E-state index contributed by atoms with van der Waals surface area (Å²) in [4.78, 5) is 9.22. The number of hydrogen-bond donors (Lipinski definition) is 0. The van der Waals surface area contributed by atoms with Crippen LogP contribution >= 0.6 is 8.03 Å². The van der Waals surface area contributed by atoms with Gasteiger partial charge in [-0.15, -0.1) is 0 Å². The second kappa shape index (κ2) is 6.70. The van der Waals surface area contributed by atoms with Crippen LogP contribution in [-0.2, 0) is 13.9 Å². The van der Waals surface area contributed by atoms with Gasteiger partial charge in [-0.25, -0.2) is 0 Å². The molecule has 0 spiro atoms. The first-order chi connectivity index (χ1) is 2.77. The van der Waals surface area contributed by atoms with Crippen LogP contribution in [0.5, 0.6) is 0 Å². The second-order valence-corrected chi connectivity index (χ2v) is 1.92. The van der Waals surface area contributed by atoms with E-state index in [1.165, 1.54) is 6.66 Å². The second-order valence-electron chi connectivity index (χ2n) is 0.706. The molecule has 0 saturated heterocycles. The third-order valence-electron chi connectivity index (χ3n) is 0.214. The third kappa shape index (κ3) is 10.8. The average Bonchev–Trinajstić information content (AvgIpc) is 1.35. The van der Waals surface area contributed by atoms with Crippen LogP contribution in [0, 0.1) is 0 Å². The molecule has 0 aliphatic heterocycles. The van der Waals surface area contributed by atoms with Crippen molar-refractivity contribution in [1.82, 2.24) is 0 Å². The first kappa shape index (κ1) is 10.6. The minimum atomic E-state index is -2.00. The van der Waals surface area contributed by atoms with Gasteiger partial charge in [0.1, 0.15) is 0 Å². The standard InChI is InChI=1S/C2H5O3P.Na.H/c1-6(4)5-2-3;;/h2,6H,1H3;;. The molecule has 7 heavy (non-hydrogen) atoms. The molecule has 0 aromatic carbocycles. The average molecular weight is 132 g/mol. The molecule has 0 aliphatic rings. The zero-order chi connectivity index (χ0) is 4.99. The number of carbonyl (C=O) groups is 1. The van der Waals surface area contributed by atoms with Crippen LogP contribution in [0.1, 0.15) is 0 Å². The van der Waals surface area contributed by atoms with E-state index in [1.54, 1.807) is 0 Å². The van der Waals surface area contributed by atoms with Gasteiger partial charge in [0.2, 0.25) is 8.03 Å². The fourth-order valence-corrected chi connectivity index (χ4v) is 0.203. The Kier molecular flexibility index (Phi) is 10.2. The molecule has 0 aliphatic carbocycles. The monoisotopic (exact) mass is 132 g/mol. The SMILES string of the molecule is C[PH](=O)OC=O.[NaH]. The van der Waals surface area contributed by atoms with Crippen molar-refractivity contribution in [1.29, 1.82) is 0 Å². The van der Waals surface area contributed by atoms with Gasteiger partial charge in [-0.3, -0.25) is 9.36 Å².